The highest BCUT2D eigenvalue weighted by Crippen LogP contribution is 2.23. The molecular weight excluding hydrogens is 354 g/mol. The van der Waals surface area contributed by atoms with Gasteiger partial charge in [0.25, 0.3) is 5.91 Å². The first kappa shape index (κ1) is 18.0. The highest BCUT2D eigenvalue weighted by Gasteiger charge is 2.28. The number of rotatable bonds is 5. The number of anilines is 2. The number of hydrogen-bond acceptors (Lipinski definition) is 6. The van der Waals surface area contributed by atoms with E-state index >= 15 is 0 Å². The number of amides is 3. The molecule has 0 unspecified atom stereocenters. The number of aromatic nitrogens is 2. The molecule has 3 amide bonds. The summed E-state index contributed by atoms with van der Waals surface area (Å²) in [4.78, 5) is 36.6. The molecule has 2 heterocycles. The number of nitrogens with one attached hydrogen (secondary N) is 3. The van der Waals surface area contributed by atoms with Gasteiger partial charge in [-0.2, -0.15) is 0 Å². The van der Waals surface area contributed by atoms with Crippen LogP contribution in [0.3, 0.4) is 0 Å². The molecule has 1 aromatic heterocycles. The van der Waals surface area contributed by atoms with Gasteiger partial charge >= 0.3 is 0 Å². The third-order valence-corrected chi connectivity index (χ3v) is 5.03. The van der Waals surface area contributed by atoms with E-state index in [2.05, 4.69) is 26.1 Å². The second-order valence-electron chi connectivity index (χ2n) is 6.25. The van der Waals surface area contributed by atoms with Crippen LogP contribution in [-0.2, 0) is 9.59 Å². The molecule has 0 fully saturated rings. The van der Waals surface area contributed by atoms with Gasteiger partial charge in [-0.15, -0.1) is 10.2 Å². The van der Waals surface area contributed by atoms with Crippen molar-refractivity contribution in [3.63, 3.8) is 0 Å². The molecule has 3 N–H and O–H groups in total. The average molecular weight is 373 g/mol. The number of benzene rings is 1. The number of carbonyl (C=O) groups is 3. The summed E-state index contributed by atoms with van der Waals surface area (Å²) < 4.78 is 0. The monoisotopic (exact) mass is 373 g/mol. The number of fused-ring (bicyclic) bond motifs is 1. The maximum atomic E-state index is 12.3. The zero-order valence-corrected chi connectivity index (χ0v) is 15.2. The largest absolute Gasteiger partial charge is 0.340 e. The number of carbonyl (C=O) groups excluding carboxylic acids is 3. The Hall–Kier alpha value is -2.81. The van der Waals surface area contributed by atoms with E-state index in [4.69, 9.17) is 0 Å². The SMILES string of the molecule is CC(C)c1nnc(NC(=O)CC[C@@H]2NC(=O)c3ccccc3NC2=O)s1. The first-order valence-corrected chi connectivity index (χ1v) is 9.09. The molecule has 26 heavy (non-hydrogen) atoms. The van der Waals surface area contributed by atoms with E-state index < -0.39 is 6.04 Å². The molecule has 3 rings (SSSR count). The van der Waals surface area contributed by atoms with Crippen LogP contribution in [0, 0.1) is 0 Å². The second-order valence-corrected chi connectivity index (χ2v) is 7.26. The molecule has 1 aromatic carbocycles. The number of nitrogens with zero attached hydrogens (tertiary/aromatic N) is 2. The van der Waals surface area contributed by atoms with Gasteiger partial charge in [0.05, 0.1) is 11.3 Å². The molecule has 2 aromatic rings. The minimum atomic E-state index is -0.777. The van der Waals surface area contributed by atoms with E-state index in [-0.39, 0.29) is 36.5 Å². The summed E-state index contributed by atoms with van der Waals surface area (Å²) in [6, 6.07) is 6.01. The number of hydrogen-bond donors (Lipinski definition) is 3. The Labute approximate surface area is 154 Å². The third-order valence-electron chi connectivity index (χ3n) is 3.89. The van der Waals surface area contributed by atoms with Gasteiger partial charge in [-0.3, -0.25) is 14.4 Å². The summed E-state index contributed by atoms with van der Waals surface area (Å²) in [7, 11) is 0. The van der Waals surface area contributed by atoms with Crippen LogP contribution in [0.15, 0.2) is 24.3 Å². The molecule has 0 spiro atoms. The van der Waals surface area contributed by atoms with Crippen molar-refractivity contribution in [1.29, 1.82) is 0 Å². The van der Waals surface area contributed by atoms with Crippen molar-refractivity contribution in [2.24, 2.45) is 0 Å². The van der Waals surface area contributed by atoms with Crippen molar-refractivity contribution >= 4 is 39.9 Å². The number of para-hydroxylation sites is 1. The van der Waals surface area contributed by atoms with Gasteiger partial charge in [0.15, 0.2) is 0 Å². The first-order valence-electron chi connectivity index (χ1n) is 8.28. The maximum absolute atomic E-state index is 12.3. The highest BCUT2D eigenvalue weighted by atomic mass is 32.1. The highest BCUT2D eigenvalue weighted by molar-refractivity contribution is 7.15. The Kier molecular flexibility index (Phi) is 5.27. The lowest BCUT2D eigenvalue weighted by Gasteiger charge is -2.13. The Bertz CT molecular complexity index is 848. The van der Waals surface area contributed by atoms with Crippen LogP contribution in [-0.4, -0.2) is 34.0 Å². The lowest BCUT2D eigenvalue weighted by molar-refractivity contribution is -0.118. The van der Waals surface area contributed by atoms with E-state index in [1.165, 1.54) is 11.3 Å². The lowest BCUT2D eigenvalue weighted by atomic mass is 10.1. The summed E-state index contributed by atoms with van der Waals surface area (Å²) in [5.74, 6) is -0.714. The molecule has 0 bridgehead atoms. The smallest absolute Gasteiger partial charge is 0.254 e. The minimum absolute atomic E-state index is 0.0747. The van der Waals surface area contributed by atoms with Gasteiger partial charge in [-0.25, -0.2) is 0 Å². The van der Waals surface area contributed by atoms with Gasteiger partial charge < -0.3 is 16.0 Å². The third kappa shape index (κ3) is 4.05. The second kappa shape index (κ2) is 7.61. The zero-order chi connectivity index (χ0) is 18.7. The Morgan fingerprint density at radius 2 is 2.04 bits per heavy atom. The lowest BCUT2D eigenvalue weighted by Crippen LogP contribution is -2.41. The predicted octanol–water partition coefficient (Wildman–Crippen LogP) is 2.13. The fraction of sp³-hybridized carbons (Fsp3) is 0.353. The van der Waals surface area contributed by atoms with Crippen molar-refractivity contribution in [1.82, 2.24) is 15.5 Å². The molecule has 0 saturated heterocycles. The van der Waals surface area contributed by atoms with E-state index in [1.54, 1.807) is 24.3 Å². The molecular formula is C17H19N5O3S. The Balaban J connectivity index is 1.58. The van der Waals surface area contributed by atoms with Gasteiger partial charge in [-0.1, -0.05) is 37.3 Å². The van der Waals surface area contributed by atoms with E-state index in [0.717, 1.165) is 5.01 Å². The fourth-order valence-electron chi connectivity index (χ4n) is 2.49. The minimum Gasteiger partial charge on any atom is -0.340 e. The van der Waals surface area contributed by atoms with Crippen LogP contribution in [0.4, 0.5) is 10.8 Å². The molecule has 9 heteroatoms. The summed E-state index contributed by atoms with van der Waals surface area (Å²) >= 11 is 1.32. The van der Waals surface area contributed by atoms with E-state index in [0.29, 0.717) is 16.4 Å². The van der Waals surface area contributed by atoms with Crippen molar-refractivity contribution < 1.29 is 14.4 Å². The molecule has 0 saturated carbocycles. The molecule has 1 atom stereocenters. The van der Waals surface area contributed by atoms with Crippen LogP contribution >= 0.6 is 11.3 Å². The quantitative estimate of drug-likeness (QED) is 0.743. The van der Waals surface area contributed by atoms with Gasteiger partial charge in [0.1, 0.15) is 11.0 Å². The standard InChI is InChI=1S/C17H19N5O3S/c1-9(2)16-21-22-17(26-16)20-13(23)8-7-12-15(25)18-11-6-4-3-5-10(11)14(24)19-12/h3-6,9,12H,7-8H2,1-2H3,(H,18,25)(H,19,24)(H,20,22,23)/t12-/m0/s1. The van der Waals surface area contributed by atoms with Gasteiger partial charge in [0, 0.05) is 12.3 Å². The first-order chi connectivity index (χ1) is 12.4. The van der Waals surface area contributed by atoms with Crippen molar-refractivity contribution in [3.8, 4) is 0 Å². The van der Waals surface area contributed by atoms with E-state index in [9.17, 15) is 14.4 Å². The van der Waals surface area contributed by atoms with Crippen molar-refractivity contribution in [2.45, 2.75) is 38.6 Å². The van der Waals surface area contributed by atoms with Crippen LogP contribution in [0.1, 0.15) is 48.0 Å². The normalized spacial score (nSPS) is 16.5. The molecule has 1 aliphatic heterocycles. The summed E-state index contributed by atoms with van der Waals surface area (Å²) in [6.07, 6.45) is 0.262. The molecule has 8 nitrogen and oxygen atoms in total. The van der Waals surface area contributed by atoms with E-state index in [1.807, 2.05) is 13.8 Å². The predicted molar refractivity (Wildman–Crippen MR) is 98.2 cm³/mol. The topological polar surface area (TPSA) is 113 Å². The zero-order valence-electron chi connectivity index (χ0n) is 14.4. The van der Waals surface area contributed by atoms with Crippen molar-refractivity contribution in [3.05, 3.63) is 34.8 Å². The summed E-state index contributed by atoms with van der Waals surface area (Å²) in [6.45, 7) is 3.99. The molecule has 0 aliphatic carbocycles. The summed E-state index contributed by atoms with van der Waals surface area (Å²) in [5, 5.41) is 17.3. The van der Waals surface area contributed by atoms with Crippen LogP contribution < -0.4 is 16.0 Å². The maximum Gasteiger partial charge on any atom is 0.254 e. The van der Waals surface area contributed by atoms with Gasteiger partial charge in [-0.05, 0) is 18.6 Å². The van der Waals surface area contributed by atoms with Crippen LogP contribution in [0.25, 0.3) is 0 Å². The van der Waals surface area contributed by atoms with Crippen molar-refractivity contribution in [2.75, 3.05) is 10.6 Å². The van der Waals surface area contributed by atoms with Gasteiger partial charge in [0.2, 0.25) is 16.9 Å². The molecule has 0 radical (unpaired) electrons. The fourth-order valence-corrected chi connectivity index (χ4v) is 3.25. The average Bonchev–Trinajstić information content (AvgIpc) is 3.02. The molecule has 136 valence electrons. The Morgan fingerprint density at radius 1 is 1.27 bits per heavy atom. The van der Waals surface area contributed by atoms with Crippen LogP contribution in [0.5, 0.6) is 0 Å². The summed E-state index contributed by atoms with van der Waals surface area (Å²) in [5.41, 5.74) is 0.875. The Morgan fingerprint density at radius 3 is 2.77 bits per heavy atom. The molecule has 1 aliphatic rings. The van der Waals surface area contributed by atoms with Crippen LogP contribution in [0.2, 0.25) is 0 Å².